The normalized spacial score (nSPS) is 17.9. The number of aliphatic imine (C=N–C) groups is 16. The van der Waals surface area contributed by atoms with Crippen molar-refractivity contribution in [1.29, 1.82) is 5.41 Å². The number of aliphatic hydroxyl groups excluding tert-OH is 19. The number of aromatic hydroxyl groups is 1. The van der Waals surface area contributed by atoms with Gasteiger partial charge in [0, 0.05) is 49.5 Å². The van der Waals surface area contributed by atoms with E-state index in [1.54, 1.807) is 54.8 Å². The van der Waals surface area contributed by atoms with Crippen LogP contribution in [-0.2, 0) is 22.4 Å². The van der Waals surface area contributed by atoms with Gasteiger partial charge in [0.15, 0.2) is 35.8 Å². The fraction of sp³-hybridized carbons (Fsp3) is 0.683. The highest BCUT2D eigenvalue weighted by Crippen LogP contribution is 2.28. The van der Waals surface area contributed by atoms with E-state index in [1.807, 2.05) is 24.3 Å². The van der Waals surface area contributed by atoms with Crippen molar-refractivity contribution in [3.63, 3.8) is 0 Å². The van der Waals surface area contributed by atoms with E-state index in [-0.39, 0.29) is 126 Å². The number of nitrogens with zero attached hydrogens (tertiary/aromatic N) is 17. The number of carbonyl (C=O) groups excluding carboxylic acids is 1. The van der Waals surface area contributed by atoms with Gasteiger partial charge in [0.25, 0.3) is 0 Å². The van der Waals surface area contributed by atoms with Crippen molar-refractivity contribution in [3.05, 3.63) is 65.9 Å². The molecule has 842 valence electrons. The first-order valence-corrected chi connectivity index (χ1v) is 52.8. The lowest BCUT2D eigenvalue weighted by Crippen LogP contribution is -2.42. The molecule has 2 aromatic carbocycles. The van der Waals surface area contributed by atoms with Gasteiger partial charge < -0.3 is 140 Å². The number of unbranched alkanes of at least 4 members (excludes halogenated alkanes) is 16. The number of para-hydroxylation sites is 1. The van der Waals surface area contributed by atoms with Crippen molar-refractivity contribution in [2.45, 2.75) is 371 Å². The Morgan fingerprint density at radius 2 is 0.873 bits per heavy atom. The molecular formula is C104H173N23O23. The number of carboxylic acid groups (broad SMARTS) is 1. The summed E-state index contributed by atoms with van der Waals surface area (Å²) in [6, 6.07) is -7.21. The highest BCUT2D eigenvalue weighted by atomic mass is 16.4. The summed E-state index contributed by atoms with van der Waals surface area (Å²) in [7, 11) is 1.56. The number of rotatable bonds is 78. The summed E-state index contributed by atoms with van der Waals surface area (Å²) >= 11 is 0. The average molecular weight is 2110 g/mol. The van der Waals surface area contributed by atoms with Crippen molar-refractivity contribution in [2.75, 3.05) is 66.0 Å². The lowest BCUT2D eigenvalue weighted by molar-refractivity contribution is -0.138. The van der Waals surface area contributed by atoms with Gasteiger partial charge in [0.05, 0.1) is 25.7 Å². The second kappa shape index (κ2) is 72.0. The van der Waals surface area contributed by atoms with Gasteiger partial charge in [-0.25, -0.2) is 79.7 Å². The third-order valence-electron chi connectivity index (χ3n) is 24.7. The summed E-state index contributed by atoms with van der Waals surface area (Å²) in [6.45, 7) is 13.7. The average Bonchev–Trinajstić information content (AvgIpc) is 1.69. The van der Waals surface area contributed by atoms with Crippen LogP contribution < -0.4 is 22.5 Å². The van der Waals surface area contributed by atoms with Crippen LogP contribution in [0.15, 0.2) is 135 Å². The first-order valence-electron chi connectivity index (χ1n) is 52.8. The molecule has 4 rings (SSSR count). The second-order valence-corrected chi connectivity index (χ2v) is 39.2. The first kappa shape index (κ1) is 130. The number of nitrogens with two attached hydrogens (primary N) is 3. The number of H-pyrrole nitrogens is 1. The molecule has 0 bridgehead atoms. The maximum atomic E-state index is 14.4. The molecule has 15 atom stereocenters. The largest absolute Gasteiger partial charge is 0.508 e. The number of aromatic amines is 1. The lowest BCUT2D eigenvalue weighted by Gasteiger charge is -2.24. The number of nitrogens with one attached hydrogen (secondary N) is 3. The molecule has 1 aliphatic rings. The number of phenols is 1. The molecule has 15 unspecified atom stereocenters. The van der Waals surface area contributed by atoms with Gasteiger partial charge in [-0.2, -0.15) is 0 Å². The highest BCUT2D eigenvalue weighted by Gasteiger charge is 2.37. The maximum absolute atomic E-state index is 14.4. The van der Waals surface area contributed by atoms with Crippen LogP contribution in [0, 0.1) is 23.2 Å². The lowest BCUT2D eigenvalue weighted by atomic mass is 10.0. The minimum absolute atomic E-state index is 0.00672. The molecule has 3 aromatic rings. The summed E-state index contributed by atoms with van der Waals surface area (Å²) in [6.07, 6.45) is 19.0. The molecular weight excluding hydrogens is 1940 g/mol. The van der Waals surface area contributed by atoms with Gasteiger partial charge in [-0.1, -0.05) is 156 Å². The molecule has 150 heavy (non-hydrogen) atoms. The van der Waals surface area contributed by atoms with E-state index in [9.17, 15) is 117 Å². The van der Waals surface area contributed by atoms with Gasteiger partial charge in [-0.05, 0) is 203 Å². The van der Waals surface area contributed by atoms with E-state index in [0.29, 0.717) is 81.9 Å². The van der Waals surface area contributed by atoms with E-state index < -0.39 is 223 Å². The molecule has 0 aliphatic carbocycles. The van der Waals surface area contributed by atoms with Crippen LogP contribution in [0.25, 0.3) is 10.9 Å². The smallest absolute Gasteiger partial charge is 0.328 e. The maximum Gasteiger partial charge on any atom is 0.328 e. The predicted molar refractivity (Wildman–Crippen MR) is 596 cm³/mol. The van der Waals surface area contributed by atoms with E-state index in [2.05, 4.69) is 97.1 Å². The molecule has 0 radical (unpaired) electrons. The quantitative estimate of drug-likeness (QED) is 0.0142. The predicted octanol–water partition coefficient (Wildman–Crippen LogP) is 14.5. The fourth-order valence-corrected chi connectivity index (χ4v) is 16.5. The molecule has 1 amide bonds. The van der Waals surface area contributed by atoms with E-state index in [1.165, 1.54) is 101 Å². The van der Waals surface area contributed by atoms with Crippen LogP contribution in [-0.4, -0.2) is 386 Å². The van der Waals surface area contributed by atoms with Crippen molar-refractivity contribution < 1.29 is 117 Å². The number of phenolic OH excluding ortho intramolecular Hbond substituents is 1. The van der Waals surface area contributed by atoms with Crippen molar-refractivity contribution in [1.82, 2.24) is 15.2 Å². The molecule has 1 fully saturated rings. The Balaban J connectivity index is 1.64. The SMILES string of the molecule is CCCCCCCCCCCCCCCC(O)=NCCCCC(N=C(O)C(CCCCN)N=C(O)C(CCCCN)N=C(O)C1CCCN1C(=O)CN=C(O)C(CC(C)C)N=C(O)C(CC(C)C)N=C(O)C(Cc1ccc(O)cc1)N=C(O)CN=C(O)C(C)N=C(O)C(CO)N=C(O)C(CC(=N)O)N=C(O)C(CC(C)C)N=C(O)C(N=C(O)C(Cc1c[nH]c2ccccc12)N=C(O)CNC)C(C)O)C(O)=NC(CCCCN)C(=O)O. The number of carboxylic acids is 1. The molecule has 0 spiro atoms. The molecule has 46 nitrogen and oxygen atoms in total. The number of hydrogen-bond acceptors (Lipinski definition) is 26. The van der Waals surface area contributed by atoms with Crippen molar-refractivity contribution in [3.8, 4) is 5.75 Å². The van der Waals surface area contributed by atoms with E-state index in [0.717, 1.165) is 36.6 Å². The number of likely N-dealkylation sites (N-methyl/N-ethyl adjacent to an activating group) is 1. The molecule has 1 saturated heterocycles. The van der Waals surface area contributed by atoms with Gasteiger partial charge in [0.2, 0.25) is 88.5 Å². The van der Waals surface area contributed by atoms with Gasteiger partial charge in [-0.15, -0.1) is 0 Å². The summed E-state index contributed by atoms with van der Waals surface area (Å²) in [5, 5.41) is 248. The van der Waals surface area contributed by atoms with Crippen molar-refractivity contribution >= 4 is 123 Å². The number of likely N-dealkylation sites (tertiary alicyclic amines) is 1. The fourth-order valence-electron chi connectivity index (χ4n) is 16.5. The molecule has 2 heterocycles. The number of carbonyl (C=O) groups is 2. The third-order valence-corrected chi connectivity index (χ3v) is 24.7. The second-order valence-electron chi connectivity index (χ2n) is 39.2. The molecule has 0 saturated carbocycles. The first-order chi connectivity index (χ1) is 71.5. The monoisotopic (exact) mass is 2110 g/mol. The number of fused-ring (bicyclic) bond motifs is 1. The zero-order valence-electron chi connectivity index (χ0n) is 89.0. The van der Waals surface area contributed by atoms with Gasteiger partial charge in [-0.3, -0.25) is 15.2 Å². The van der Waals surface area contributed by atoms with Crippen molar-refractivity contribution in [2.24, 2.45) is 115 Å². The number of hydrogen-bond donors (Lipinski definition) is 27. The van der Waals surface area contributed by atoms with Crippen LogP contribution in [0.4, 0.5) is 0 Å². The van der Waals surface area contributed by atoms with Crippen LogP contribution in [0.2, 0.25) is 0 Å². The summed E-state index contributed by atoms with van der Waals surface area (Å²) in [5.74, 6) is -15.4. The standard InChI is InChI=1S/C104H173N23O23/c1-11-12-13-14-15-16-17-18-19-20-21-22-23-42-86(132)110-50-33-29-39-74(95(140)120-76(104(149)150)40-28-32-49-107)118-93(138)73(37-26-30-47-105)117-94(139)75(38-27-31-48-106)119-102(147)84-41-34-51-127(84)89(135)61-113-92(137)77(52-63(2)3)121-96(141)78(53-64(4)5)122-98(143)80(55-68-43-45-70(130)46-44-68)115-88(134)60-112-91(136)66(8)114-101(146)83(62-128)125-99(144)82(57-85(108)131)123-97(142)79(54-65(6)7)124-103(148)90(67(9)129)126-100(145)81(116-87(133)59-109-10)56-69-58-111-72-36-25-24-35-71(69)72/h24-25,35-36,43-46,58,63-67,73-84,90,109,111,128-130H,11-23,26-34,37-42,47-57,59-62,105-107H2,1-10H3,(H2,108,131)(H,110,132)(H,112,136)(H,113,137)(H,114,146)(H,115,134)(H,116,133)(H,117,139)(H,118,138)(H,119,147)(H,120,140)(H,121,141)(H,122,143)(H,123,142)(H,124,148)(H,125,144)(H,126,145)(H,149,150). The Labute approximate surface area is 880 Å². The zero-order chi connectivity index (χ0) is 111. The topological polar surface area (TPSA) is 790 Å². The zero-order valence-corrected chi connectivity index (χ0v) is 89.0. The van der Waals surface area contributed by atoms with Crippen LogP contribution >= 0.6 is 0 Å². The number of benzene rings is 2. The molecule has 1 aliphatic heterocycles. The third kappa shape index (κ3) is 50.4. The number of aromatic nitrogens is 1. The minimum Gasteiger partial charge on any atom is -0.508 e. The number of amides is 1. The van der Waals surface area contributed by atoms with Crippen LogP contribution in [0.1, 0.15) is 279 Å². The summed E-state index contributed by atoms with van der Waals surface area (Å²) in [4.78, 5) is 99.3. The van der Waals surface area contributed by atoms with Crippen LogP contribution in [0.3, 0.4) is 0 Å². The van der Waals surface area contributed by atoms with E-state index in [4.69, 9.17) is 22.6 Å². The Kier molecular flexibility index (Phi) is 62.3. The number of aliphatic carboxylic acids is 1. The minimum atomic E-state index is -1.87. The highest BCUT2D eigenvalue weighted by molar-refractivity contribution is 5.98. The van der Waals surface area contributed by atoms with E-state index >= 15 is 0 Å². The Bertz CT molecular complexity index is 5030. The van der Waals surface area contributed by atoms with Gasteiger partial charge >= 0.3 is 5.97 Å². The number of aliphatic hydroxyl groups is 19. The van der Waals surface area contributed by atoms with Gasteiger partial charge in [0.1, 0.15) is 85.3 Å². The molecule has 30 N–H and O–H groups in total. The van der Waals surface area contributed by atoms with Crippen LogP contribution in [0.5, 0.6) is 5.75 Å². The Hall–Kier alpha value is -12.5. The summed E-state index contributed by atoms with van der Waals surface area (Å²) in [5.41, 5.74) is 19.4. The Morgan fingerprint density at radius 1 is 0.440 bits per heavy atom. The summed E-state index contributed by atoms with van der Waals surface area (Å²) < 4.78 is 0. The Morgan fingerprint density at radius 3 is 1.39 bits per heavy atom. The molecule has 1 aromatic heterocycles. The molecule has 46 heteroatoms.